The molecule has 0 radical (unpaired) electrons. The van der Waals surface area contributed by atoms with E-state index in [4.69, 9.17) is 9.47 Å². The smallest absolute Gasteiger partial charge is 0.257 e. The highest BCUT2D eigenvalue weighted by molar-refractivity contribution is 5.88. The third kappa shape index (κ3) is 2.71. The molecule has 1 unspecified atom stereocenters. The largest absolute Gasteiger partial charge is 0.371 e. The SMILES string of the molecule is CC1(C)CC2(CC(C)(C)N1)OC(C)(C)N(CC1CO1)C2=O. The van der Waals surface area contributed by atoms with Crippen LogP contribution in [0.15, 0.2) is 0 Å². The Labute approximate surface area is 127 Å². The molecular formula is C16H28N2O3. The number of nitrogens with zero attached hydrogens (tertiary/aromatic N) is 1. The molecule has 1 amide bonds. The van der Waals surface area contributed by atoms with Gasteiger partial charge in [0.25, 0.3) is 5.91 Å². The molecule has 0 aromatic heterocycles. The highest BCUT2D eigenvalue weighted by atomic mass is 16.6. The van der Waals surface area contributed by atoms with Gasteiger partial charge < -0.3 is 19.7 Å². The molecular weight excluding hydrogens is 268 g/mol. The molecule has 3 aliphatic rings. The number of hydrogen-bond donors (Lipinski definition) is 1. The molecule has 3 aliphatic heterocycles. The van der Waals surface area contributed by atoms with Gasteiger partial charge in [-0.1, -0.05) is 0 Å². The number of hydrogen-bond acceptors (Lipinski definition) is 4. The van der Waals surface area contributed by atoms with Gasteiger partial charge in [0.15, 0.2) is 5.60 Å². The number of piperidine rings is 1. The Morgan fingerprint density at radius 3 is 2.14 bits per heavy atom. The molecule has 5 nitrogen and oxygen atoms in total. The van der Waals surface area contributed by atoms with E-state index in [0.717, 1.165) is 6.61 Å². The quantitative estimate of drug-likeness (QED) is 0.788. The van der Waals surface area contributed by atoms with Gasteiger partial charge >= 0.3 is 0 Å². The van der Waals surface area contributed by atoms with Crippen molar-refractivity contribution in [3.05, 3.63) is 0 Å². The summed E-state index contributed by atoms with van der Waals surface area (Å²) >= 11 is 0. The zero-order chi connectivity index (χ0) is 15.7. The molecule has 1 N–H and O–H groups in total. The first-order valence-electron chi connectivity index (χ1n) is 7.88. The molecule has 3 saturated heterocycles. The lowest BCUT2D eigenvalue weighted by Gasteiger charge is -2.50. The number of carbonyl (C=O) groups excluding carboxylic acids is 1. The van der Waals surface area contributed by atoms with Crippen LogP contribution in [-0.2, 0) is 14.3 Å². The monoisotopic (exact) mass is 296 g/mol. The summed E-state index contributed by atoms with van der Waals surface area (Å²) < 4.78 is 11.7. The fourth-order valence-corrected chi connectivity index (χ4v) is 4.47. The maximum Gasteiger partial charge on any atom is 0.257 e. The molecule has 5 heteroatoms. The van der Waals surface area contributed by atoms with Crippen LogP contribution >= 0.6 is 0 Å². The highest BCUT2D eigenvalue weighted by Gasteiger charge is 2.62. The zero-order valence-electron chi connectivity index (χ0n) is 14.1. The fraction of sp³-hybridized carbons (Fsp3) is 0.938. The summed E-state index contributed by atoms with van der Waals surface area (Å²) in [5, 5.41) is 3.62. The summed E-state index contributed by atoms with van der Waals surface area (Å²) in [5.41, 5.74) is -1.53. The summed E-state index contributed by atoms with van der Waals surface area (Å²) in [5.74, 6) is 0.130. The van der Waals surface area contributed by atoms with Gasteiger partial charge in [0.2, 0.25) is 0 Å². The van der Waals surface area contributed by atoms with Gasteiger partial charge in [0, 0.05) is 23.9 Å². The minimum atomic E-state index is -0.712. The van der Waals surface area contributed by atoms with Crippen molar-refractivity contribution in [2.45, 2.75) is 82.9 Å². The molecule has 0 aromatic rings. The average molecular weight is 296 g/mol. The molecule has 1 atom stereocenters. The minimum Gasteiger partial charge on any atom is -0.371 e. The first-order valence-corrected chi connectivity index (χ1v) is 7.88. The summed E-state index contributed by atoms with van der Waals surface area (Å²) in [6.07, 6.45) is 1.59. The molecule has 0 aliphatic carbocycles. The molecule has 0 saturated carbocycles. The van der Waals surface area contributed by atoms with Gasteiger partial charge in [-0.05, 0) is 41.5 Å². The van der Waals surface area contributed by atoms with E-state index in [1.54, 1.807) is 0 Å². The van der Waals surface area contributed by atoms with Crippen LogP contribution in [-0.4, -0.2) is 52.5 Å². The van der Waals surface area contributed by atoms with Crippen LogP contribution in [0.25, 0.3) is 0 Å². The van der Waals surface area contributed by atoms with Gasteiger partial charge in [0.05, 0.1) is 19.3 Å². The Hall–Kier alpha value is -0.650. The predicted molar refractivity (Wildman–Crippen MR) is 79.9 cm³/mol. The van der Waals surface area contributed by atoms with Crippen molar-refractivity contribution in [2.24, 2.45) is 0 Å². The van der Waals surface area contributed by atoms with Gasteiger partial charge in [-0.15, -0.1) is 0 Å². The lowest BCUT2D eigenvalue weighted by atomic mass is 9.72. The summed E-state index contributed by atoms with van der Waals surface area (Å²) in [4.78, 5) is 15.0. The van der Waals surface area contributed by atoms with E-state index in [0.29, 0.717) is 19.4 Å². The van der Waals surface area contributed by atoms with Gasteiger partial charge in [-0.2, -0.15) is 0 Å². The van der Waals surface area contributed by atoms with Crippen molar-refractivity contribution >= 4 is 5.91 Å². The lowest BCUT2D eigenvalue weighted by Crippen LogP contribution is -2.65. The number of rotatable bonds is 2. The second-order valence-corrected chi connectivity index (χ2v) is 8.66. The summed E-state index contributed by atoms with van der Waals surface area (Å²) in [6.45, 7) is 14.0. The molecule has 0 aromatic carbocycles. The van der Waals surface area contributed by atoms with Crippen molar-refractivity contribution in [2.75, 3.05) is 13.2 Å². The van der Waals surface area contributed by atoms with Gasteiger partial charge in [-0.3, -0.25) is 4.79 Å². The van der Waals surface area contributed by atoms with Gasteiger partial charge in [0.1, 0.15) is 5.72 Å². The molecule has 3 fully saturated rings. The number of nitrogens with one attached hydrogen (secondary N) is 1. The van der Waals surface area contributed by atoms with Crippen molar-refractivity contribution in [3.8, 4) is 0 Å². The van der Waals surface area contributed by atoms with Crippen LogP contribution in [0.5, 0.6) is 0 Å². The standard InChI is InChI=1S/C16H28N2O3/c1-13(2)9-16(10-14(3,4)17-13)12(19)18(7-11-8-20-11)15(5,6)21-16/h11,17H,7-10H2,1-6H3. The molecule has 120 valence electrons. The first kappa shape index (κ1) is 15.3. The van der Waals surface area contributed by atoms with Crippen molar-refractivity contribution < 1.29 is 14.3 Å². The van der Waals surface area contributed by atoms with E-state index in [1.165, 1.54) is 0 Å². The van der Waals surface area contributed by atoms with Crippen LogP contribution in [0.3, 0.4) is 0 Å². The van der Waals surface area contributed by atoms with Crippen LogP contribution in [0.2, 0.25) is 0 Å². The Bertz CT molecular complexity index is 450. The van der Waals surface area contributed by atoms with Gasteiger partial charge in [-0.25, -0.2) is 0 Å². The molecule has 0 bridgehead atoms. The van der Waals surface area contributed by atoms with Crippen LogP contribution in [0, 0.1) is 0 Å². The third-order valence-electron chi connectivity index (χ3n) is 4.65. The van der Waals surface area contributed by atoms with E-state index < -0.39 is 11.3 Å². The summed E-state index contributed by atoms with van der Waals surface area (Å²) in [6, 6.07) is 0. The molecule has 3 rings (SSSR count). The number of ether oxygens (including phenoxy) is 2. The van der Waals surface area contributed by atoms with Crippen LogP contribution < -0.4 is 5.32 Å². The maximum atomic E-state index is 13.2. The summed E-state index contributed by atoms with van der Waals surface area (Å²) in [7, 11) is 0. The van der Waals surface area contributed by atoms with Crippen LogP contribution in [0.4, 0.5) is 0 Å². The van der Waals surface area contributed by atoms with E-state index in [1.807, 2.05) is 18.7 Å². The van der Waals surface area contributed by atoms with E-state index in [2.05, 4.69) is 33.0 Å². The van der Waals surface area contributed by atoms with Crippen molar-refractivity contribution in [1.82, 2.24) is 10.2 Å². The van der Waals surface area contributed by atoms with Crippen molar-refractivity contribution in [3.63, 3.8) is 0 Å². The molecule has 1 spiro atoms. The van der Waals surface area contributed by atoms with Crippen molar-refractivity contribution in [1.29, 1.82) is 0 Å². The molecule has 21 heavy (non-hydrogen) atoms. The first-order chi connectivity index (χ1) is 9.45. The Kier molecular flexibility index (Phi) is 3.06. The molecule has 3 heterocycles. The topological polar surface area (TPSA) is 54.1 Å². The van der Waals surface area contributed by atoms with E-state index in [-0.39, 0.29) is 23.1 Å². The average Bonchev–Trinajstić information content (AvgIpc) is 2.99. The highest BCUT2D eigenvalue weighted by Crippen LogP contribution is 2.47. The second kappa shape index (κ2) is 4.21. The lowest BCUT2D eigenvalue weighted by molar-refractivity contribution is -0.157. The van der Waals surface area contributed by atoms with E-state index >= 15 is 0 Å². The van der Waals surface area contributed by atoms with Crippen LogP contribution in [0.1, 0.15) is 54.4 Å². The Balaban J connectivity index is 1.92. The Morgan fingerprint density at radius 1 is 1.14 bits per heavy atom. The number of carbonyl (C=O) groups is 1. The number of amides is 1. The zero-order valence-corrected chi connectivity index (χ0v) is 14.1. The third-order valence-corrected chi connectivity index (χ3v) is 4.65. The second-order valence-electron chi connectivity index (χ2n) is 8.66. The normalized spacial score (nSPS) is 35.2. The van der Waals surface area contributed by atoms with E-state index in [9.17, 15) is 4.79 Å². The Morgan fingerprint density at radius 2 is 1.67 bits per heavy atom. The maximum absolute atomic E-state index is 13.2. The predicted octanol–water partition coefficient (Wildman–Crippen LogP) is 1.66. The number of epoxide rings is 1. The fourth-order valence-electron chi connectivity index (χ4n) is 4.47. The minimum absolute atomic E-state index is 0.125.